The summed E-state index contributed by atoms with van der Waals surface area (Å²) in [7, 11) is 1.89. The van der Waals surface area contributed by atoms with E-state index in [2.05, 4.69) is 15.7 Å². The Kier molecular flexibility index (Phi) is 6.51. The smallest absolute Gasteiger partial charge is 0.314 e. The van der Waals surface area contributed by atoms with Crippen molar-refractivity contribution in [1.82, 2.24) is 20.4 Å². The van der Waals surface area contributed by atoms with Crippen molar-refractivity contribution in [2.75, 3.05) is 13.1 Å². The van der Waals surface area contributed by atoms with Gasteiger partial charge >= 0.3 is 6.03 Å². The lowest BCUT2D eigenvalue weighted by molar-refractivity contribution is 0.0349. The summed E-state index contributed by atoms with van der Waals surface area (Å²) in [5.74, 6) is 0. The fourth-order valence-corrected chi connectivity index (χ4v) is 1.90. The van der Waals surface area contributed by atoms with Crippen LogP contribution in [0.5, 0.6) is 0 Å². The summed E-state index contributed by atoms with van der Waals surface area (Å²) in [6, 6.07) is -0.225. The third-order valence-electron chi connectivity index (χ3n) is 3.58. The van der Waals surface area contributed by atoms with E-state index in [0.717, 1.165) is 12.8 Å². The lowest BCUT2D eigenvalue weighted by Crippen LogP contribution is -2.46. The van der Waals surface area contributed by atoms with Crippen LogP contribution in [0.25, 0.3) is 0 Å². The largest absolute Gasteiger partial charge is 0.388 e. The summed E-state index contributed by atoms with van der Waals surface area (Å²) in [4.78, 5) is 11.6. The maximum atomic E-state index is 11.6. The van der Waals surface area contributed by atoms with E-state index in [-0.39, 0.29) is 12.6 Å². The molecule has 3 N–H and O–H groups in total. The van der Waals surface area contributed by atoms with Crippen molar-refractivity contribution in [2.45, 2.75) is 45.1 Å². The fraction of sp³-hybridized carbons (Fsp3) is 0.714. The molecule has 0 aliphatic carbocycles. The number of hydrogen-bond acceptors (Lipinski definition) is 3. The Morgan fingerprint density at radius 1 is 1.40 bits per heavy atom. The zero-order chi connectivity index (χ0) is 15.0. The van der Waals surface area contributed by atoms with Crippen molar-refractivity contribution in [3.05, 3.63) is 18.0 Å². The zero-order valence-electron chi connectivity index (χ0n) is 12.6. The minimum Gasteiger partial charge on any atom is -0.388 e. The molecule has 0 aliphatic heterocycles. The number of aryl methyl sites for hydroxylation is 2. The van der Waals surface area contributed by atoms with Crippen molar-refractivity contribution in [3.8, 4) is 0 Å². The first-order valence-corrected chi connectivity index (χ1v) is 7.20. The lowest BCUT2D eigenvalue weighted by atomic mass is 9.98. The summed E-state index contributed by atoms with van der Waals surface area (Å²) in [5.41, 5.74) is 0.369. The normalized spacial score (nSPS) is 11.4. The first-order chi connectivity index (χ1) is 9.49. The molecule has 0 radical (unpaired) electrons. The molecule has 1 aromatic heterocycles. The summed E-state index contributed by atoms with van der Waals surface area (Å²) < 4.78 is 1.77. The fourth-order valence-electron chi connectivity index (χ4n) is 1.90. The molecule has 6 nitrogen and oxygen atoms in total. The number of urea groups is 1. The number of aliphatic hydroxyl groups is 1. The van der Waals surface area contributed by atoms with Crippen LogP contribution in [0.3, 0.4) is 0 Å². The van der Waals surface area contributed by atoms with E-state index in [0.29, 0.717) is 19.4 Å². The molecule has 0 bridgehead atoms. The number of aromatic nitrogens is 2. The molecule has 2 amide bonds. The molecule has 6 heteroatoms. The summed E-state index contributed by atoms with van der Waals surface area (Å²) in [6.45, 7) is 4.72. The van der Waals surface area contributed by atoms with Gasteiger partial charge in [0, 0.05) is 26.3 Å². The van der Waals surface area contributed by atoms with E-state index in [1.807, 2.05) is 33.3 Å². The highest BCUT2D eigenvalue weighted by atomic mass is 16.3. The van der Waals surface area contributed by atoms with E-state index in [1.165, 1.54) is 5.56 Å². The molecule has 0 saturated carbocycles. The topological polar surface area (TPSA) is 79.2 Å². The maximum absolute atomic E-state index is 11.6. The zero-order valence-corrected chi connectivity index (χ0v) is 12.6. The molecule has 0 unspecified atom stereocenters. The number of hydrogen-bond donors (Lipinski definition) is 3. The molecule has 0 saturated heterocycles. The second-order valence-corrected chi connectivity index (χ2v) is 5.17. The van der Waals surface area contributed by atoms with Crippen molar-refractivity contribution >= 4 is 6.03 Å². The molecule has 1 rings (SSSR count). The van der Waals surface area contributed by atoms with Crippen LogP contribution >= 0.6 is 0 Å². The number of carbonyl (C=O) groups excluding carboxylic acids is 1. The van der Waals surface area contributed by atoms with Gasteiger partial charge in [0.2, 0.25) is 0 Å². The van der Waals surface area contributed by atoms with E-state index in [9.17, 15) is 9.90 Å². The van der Waals surface area contributed by atoms with Gasteiger partial charge in [0.25, 0.3) is 0 Å². The highest BCUT2D eigenvalue weighted by Gasteiger charge is 2.22. The van der Waals surface area contributed by atoms with E-state index in [1.54, 1.807) is 4.68 Å². The lowest BCUT2D eigenvalue weighted by Gasteiger charge is -2.25. The van der Waals surface area contributed by atoms with Gasteiger partial charge in [-0.2, -0.15) is 5.10 Å². The van der Waals surface area contributed by atoms with Gasteiger partial charge in [-0.15, -0.1) is 0 Å². The first kappa shape index (κ1) is 16.5. The predicted octanol–water partition coefficient (Wildman–Crippen LogP) is 1.20. The van der Waals surface area contributed by atoms with Crippen molar-refractivity contribution in [1.29, 1.82) is 0 Å². The molecule has 1 aromatic rings. The minimum atomic E-state index is -0.799. The van der Waals surface area contributed by atoms with Crippen molar-refractivity contribution in [2.24, 2.45) is 7.05 Å². The van der Waals surface area contributed by atoms with Crippen LogP contribution < -0.4 is 10.6 Å². The third kappa shape index (κ3) is 5.61. The number of carbonyl (C=O) groups is 1. The molecule has 0 atom stereocenters. The summed E-state index contributed by atoms with van der Waals surface area (Å²) in [5, 5.41) is 19.6. The number of amides is 2. The Balaban J connectivity index is 2.14. The van der Waals surface area contributed by atoms with Crippen molar-refractivity contribution < 1.29 is 9.90 Å². The quantitative estimate of drug-likeness (QED) is 0.627. The molecular weight excluding hydrogens is 256 g/mol. The average Bonchev–Trinajstić information content (AvgIpc) is 2.86. The molecule has 0 aliphatic rings. The highest BCUT2D eigenvalue weighted by Crippen LogP contribution is 2.12. The van der Waals surface area contributed by atoms with Gasteiger partial charge in [-0.25, -0.2) is 4.79 Å². The number of rotatable bonds is 8. The second-order valence-electron chi connectivity index (χ2n) is 5.17. The molecular formula is C14H26N4O2. The van der Waals surface area contributed by atoms with Crippen LogP contribution in [0.1, 0.15) is 38.7 Å². The Hall–Kier alpha value is -1.56. The number of nitrogens with one attached hydrogen (secondary N) is 2. The molecule has 114 valence electrons. The Bertz CT molecular complexity index is 413. The van der Waals surface area contributed by atoms with Gasteiger partial charge in [-0.3, -0.25) is 4.68 Å². The van der Waals surface area contributed by atoms with Gasteiger partial charge < -0.3 is 15.7 Å². The highest BCUT2D eigenvalue weighted by molar-refractivity contribution is 5.73. The minimum absolute atomic E-state index is 0.225. The van der Waals surface area contributed by atoms with E-state index in [4.69, 9.17) is 0 Å². The van der Waals surface area contributed by atoms with Crippen LogP contribution in [0.15, 0.2) is 12.4 Å². The van der Waals surface area contributed by atoms with Gasteiger partial charge in [0.1, 0.15) is 0 Å². The van der Waals surface area contributed by atoms with E-state index >= 15 is 0 Å². The third-order valence-corrected chi connectivity index (χ3v) is 3.58. The maximum Gasteiger partial charge on any atom is 0.314 e. The van der Waals surface area contributed by atoms with Gasteiger partial charge in [0.05, 0.1) is 11.8 Å². The van der Waals surface area contributed by atoms with Crippen LogP contribution in [-0.4, -0.2) is 39.6 Å². The Morgan fingerprint density at radius 2 is 2.10 bits per heavy atom. The van der Waals surface area contributed by atoms with E-state index < -0.39 is 5.60 Å². The SMILES string of the molecule is CCC(O)(CC)CNC(=O)NCCCc1cnn(C)c1. The standard InChI is InChI=1S/C14H26N4O2/c1-4-14(20,5-2)11-16-13(19)15-8-6-7-12-9-17-18(3)10-12/h9-10,20H,4-8,11H2,1-3H3,(H2,15,16,19). The van der Waals surface area contributed by atoms with Gasteiger partial charge in [0.15, 0.2) is 0 Å². The monoisotopic (exact) mass is 282 g/mol. The molecule has 0 fully saturated rings. The average molecular weight is 282 g/mol. The molecule has 20 heavy (non-hydrogen) atoms. The molecule has 1 heterocycles. The molecule has 0 aromatic carbocycles. The summed E-state index contributed by atoms with van der Waals surface area (Å²) in [6.07, 6.45) is 6.83. The first-order valence-electron chi connectivity index (χ1n) is 7.20. The van der Waals surface area contributed by atoms with Gasteiger partial charge in [-0.1, -0.05) is 13.8 Å². The van der Waals surface area contributed by atoms with Crippen LogP contribution in [-0.2, 0) is 13.5 Å². The Labute approximate surface area is 120 Å². The summed E-state index contributed by atoms with van der Waals surface area (Å²) >= 11 is 0. The second kappa shape index (κ2) is 7.89. The predicted molar refractivity (Wildman–Crippen MR) is 78.5 cm³/mol. The molecule has 0 spiro atoms. The Morgan fingerprint density at radius 3 is 2.65 bits per heavy atom. The van der Waals surface area contributed by atoms with Crippen molar-refractivity contribution in [3.63, 3.8) is 0 Å². The van der Waals surface area contributed by atoms with Gasteiger partial charge in [-0.05, 0) is 31.2 Å². The van der Waals surface area contributed by atoms with Crippen LogP contribution in [0, 0.1) is 0 Å². The number of nitrogens with zero attached hydrogens (tertiary/aromatic N) is 2. The van der Waals surface area contributed by atoms with Crippen LogP contribution in [0.4, 0.5) is 4.79 Å². The van der Waals surface area contributed by atoms with Crippen LogP contribution in [0.2, 0.25) is 0 Å².